The first-order chi connectivity index (χ1) is 17.2. The minimum absolute atomic E-state index is 0.449. The predicted octanol–water partition coefficient (Wildman–Crippen LogP) is 8.19. The zero-order chi connectivity index (χ0) is 25.1. The third-order valence-corrected chi connectivity index (χ3v) is 7.04. The van der Waals surface area contributed by atoms with E-state index in [-0.39, 0.29) is 0 Å². The summed E-state index contributed by atoms with van der Waals surface area (Å²) in [6, 6.07) is 7.95. The van der Waals surface area contributed by atoms with Crippen LogP contribution in [0.1, 0.15) is 118 Å². The number of hydrogen-bond acceptors (Lipinski definition) is 5. The first-order valence-corrected chi connectivity index (χ1v) is 14.8. The Hall–Kier alpha value is -1.30. The van der Waals surface area contributed by atoms with Gasteiger partial charge in [0.1, 0.15) is 11.5 Å². The van der Waals surface area contributed by atoms with Crippen LogP contribution >= 0.6 is 0 Å². The van der Waals surface area contributed by atoms with Gasteiger partial charge < -0.3 is 9.47 Å². The molecule has 0 fully saturated rings. The molecule has 2 atom stereocenters. The number of rotatable bonds is 20. The lowest BCUT2D eigenvalue weighted by atomic mass is 10.1. The van der Waals surface area contributed by atoms with Gasteiger partial charge in [-0.1, -0.05) is 105 Å². The van der Waals surface area contributed by atoms with Crippen molar-refractivity contribution in [2.75, 3.05) is 26.2 Å². The molecule has 1 aromatic rings. The van der Waals surface area contributed by atoms with Crippen molar-refractivity contribution >= 4 is 0 Å². The molecule has 0 aliphatic carbocycles. The van der Waals surface area contributed by atoms with Crippen LogP contribution in [0.25, 0.3) is 0 Å². The Morgan fingerprint density at radius 3 is 1.20 bits per heavy atom. The van der Waals surface area contributed by atoms with E-state index in [1.54, 1.807) is 0 Å². The summed E-state index contributed by atoms with van der Waals surface area (Å²) >= 11 is 0. The highest BCUT2D eigenvalue weighted by Gasteiger charge is 2.30. The van der Waals surface area contributed by atoms with Crippen LogP contribution in [0, 0.1) is 0 Å². The van der Waals surface area contributed by atoms with Gasteiger partial charge in [-0.25, -0.2) is 9.80 Å². The number of ether oxygens (including phenoxy) is 3. The van der Waals surface area contributed by atoms with E-state index < -0.39 is 12.8 Å². The SMILES string of the molecule is CCCCCCCCCN(CC)C1Oc2ccc(cc2)OC(N(CC)CCCCCCCCC)O1. The van der Waals surface area contributed by atoms with E-state index in [0.717, 1.165) is 37.7 Å². The molecule has 0 saturated heterocycles. The summed E-state index contributed by atoms with van der Waals surface area (Å²) < 4.78 is 19.3. The van der Waals surface area contributed by atoms with Gasteiger partial charge >= 0.3 is 0 Å². The van der Waals surface area contributed by atoms with Gasteiger partial charge in [0.05, 0.1) is 0 Å². The molecule has 2 aliphatic heterocycles. The second-order valence-electron chi connectivity index (χ2n) is 9.96. The van der Waals surface area contributed by atoms with E-state index in [9.17, 15) is 0 Å². The van der Waals surface area contributed by atoms with Crippen LogP contribution in [0.5, 0.6) is 11.5 Å². The highest BCUT2D eigenvalue weighted by Crippen LogP contribution is 2.26. The fourth-order valence-electron chi connectivity index (χ4n) is 4.68. The molecule has 0 amide bonds. The van der Waals surface area contributed by atoms with Crippen molar-refractivity contribution in [3.8, 4) is 11.5 Å². The zero-order valence-electron chi connectivity index (χ0n) is 23.3. The summed E-state index contributed by atoms with van der Waals surface area (Å²) in [5, 5.41) is 0. The molecule has 5 heteroatoms. The first-order valence-electron chi connectivity index (χ1n) is 14.8. The second kappa shape index (κ2) is 18.9. The van der Waals surface area contributed by atoms with Crippen LogP contribution < -0.4 is 9.47 Å². The van der Waals surface area contributed by atoms with Crippen LogP contribution in [0.15, 0.2) is 24.3 Å². The summed E-state index contributed by atoms with van der Waals surface area (Å²) in [5.74, 6) is 1.66. The fourth-order valence-corrected chi connectivity index (χ4v) is 4.68. The first kappa shape index (κ1) is 29.9. The molecule has 0 aromatic heterocycles. The summed E-state index contributed by atoms with van der Waals surface area (Å²) in [7, 11) is 0. The highest BCUT2D eigenvalue weighted by molar-refractivity contribution is 5.31. The Bertz CT molecular complexity index is 572. The Labute approximate surface area is 216 Å². The Morgan fingerprint density at radius 1 is 0.514 bits per heavy atom. The van der Waals surface area contributed by atoms with Crippen LogP contribution in [0.3, 0.4) is 0 Å². The molecule has 1 aromatic carbocycles. The van der Waals surface area contributed by atoms with Gasteiger partial charge in [-0.15, -0.1) is 0 Å². The minimum Gasteiger partial charge on any atom is -0.451 e. The van der Waals surface area contributed by atoms with Crippen LogP contribution in [-0.4, -0.2) is 48.8 Å². The minimum atomic E-state index is -0.449. The number of benzene rings is 1. The maximum atomic E-state index is 6.56. The molecule has 2 heterocycles. The third kappa shape index (κ3) is 12.0. The van der Waals surface area contributed by atoms with Gasteiger partial charge in [-0.05, 0) is 37.1 Å². The van der Waals surface area contributed by atoms with Crippen LogP contribution in [0.2, 0.25) is 0 Å². The molecule has 2 aliphatic rings. The zero-order valence-corrected chi connectivity index (χ0v) is 23.3. The van der Waals surface area contributed by atoms with E-state index in [2.05, 4.69) is 37.5 Å². The van der Waals surface area contributed by atoms with Crippen molar-refractivity contribution < 1.29 is 14.2 Å². The summed E-state index contributed by atoms with van der Waals surface area (Å²) in [6.07, 6.45) is 17.4. The van der Waals surface area contributed by atoms with Gasteiger partial charge in [0.2, 0.25) is 0 Å². The molecule has 0 N–H and O–H groups in total. The molecule has 2 unspecified atom stereocenters. The van der Waals surface area contributed by atoms with Gasteiger partial charge in [-0.3, -0.25) is 4.74 Å². The highest BCUT2D eigenvalue weighted by atomic mass is 16.8. The average molecular weight is 491 g/mol. The molecular formula is C30H54N2O3. The molecule has 35 heavy (non-hydrogen) atoms. The standard InChI is InChI=1S/C30H54N2O3/c1-5-9-11-13-15-17-19-25-31(7-3)29-33-27-21-23-28(24-22-27)34-30(35-29)32(8-4)26-20-18-16-14-12-10-6-2/h21-24,29-30H,5-20,25-26H2,1-4H3. The molecular weight excluding hydrogens is 436 g/mol. The molecule has 202 valence electrons. The van der Waals surface area contributed by atoms with Crippen molar-refractivity contribution in [3.05, 3.63) is 24.3 Å². The topological polar surface area (TPSA) is 34.2 Å². The lowest BCUT2D eigenvalue weighted by molar-refractivity contribution is -0.285. The molecule has 3 rings (SSSR count). The number of hydrogen-bond donors (Lipinski definition) is 0. The van der Waals surface area contributed by atoms with E-state index in [4.69, 9.17) is 14.2 Å². The predicted molar refractivity (Wildman–Crippen MR) is 147 cm³/mol. The van der Waals surface area contributed by atoms with Crippen molar-refractivity contribution in [2.24, 2.45) is 0 Å². The maximum Gasteiger partial charge on any atom is 0.266 e. The largest absolute Gasteiger partial charge is 0.451 e. The second-order valence-corrected chi connectivity index (χ2v) is 9.96. The lowest BCUT2D eigenvalue weighted by Gasteiger charge is -2.36. The Kier molecular flexibility index (Phi) is 16.2. The van der Waals surface area contributed by atoms with Gasteiger partial charge in [0.15, 0.2) is 0 Å². The van der Waals surface area contributed by atoms with Crippen molar-refractivity contribution in [2.45, 2.75) is 130 Å². The number of nitrogens with zero attached hydrogens (tertiary/aromatic N) is 2. The number of fused-ring (bicyclic) bond motifs is 6. The number of unbranched alkanes of at least 4 members (excludes halogenated alkanes) is 12. The maximum absolute atomic E-state index is 6.56. The molecule has 0 spiro atoms. The van der Waals surface area contributed by atoms with Crippen molar-refractivity contribution in [1.82, 2.24) is 9.80 Å². The molecule has 2 bridgehead atoms. The average Bonchev–Trinajstić information content (AvgIpc) is 3.02. The van der Waals surface area contributed by atoms with Crippen LogP contribution in [-0.2, 0) is 4.74 Å². The fraction of sp³-hybridized carbons (Fsp3) is 0.800. The van der Waals surface area contributed by atoms with E-state index in [1.807, 2.05) is 24.3 Å². The Morgan fingerprint density at radius 2 is 0.857 bits per heavy atom. The van der Waals surface area contributed by atoms with Gasteiger partial charge in [0.25, 0.3) is 12.8 Å². The van der Waals surface area contributed by atoms with Gasteiger partial charge in [0, 0.05) is 26.2 Å². The van der Waals surface area contributed by atoms with E-state index >= 15 is 0 Å². The van der Waals surface area contributed by atoms with E-state index in [0.29, 0.717) is 0 Å². The van der Waals surface area contributed by atoms with Crippen molar-refractivity contribution in [1.29, 1.82) is 0 Å². The lowest BCUT2D eigenvalue weighted by Crippen LogP contribution is -2.50. The van der Waals surface area contributed by atoms with Crippen LogP contribution in [0.4, 0.5) is 0 Å². The summed E-state index contributed by atoms with van der Waals surface area (Å²) in [4.78, 5) is 4.62. The van der Waals surface area contributed by atoms with Crippen molar-refractivity contribution in [3.63, 3.8) is 0 Å². The Balaban J connectivity index is 1.92. The monoisotopic (exact) mass is 490 g/mol. The van der Waals surface area contributed by atoms with E-state index in [1.165, 1.54) is 89.9 Å². The normalized spacial score (nSPS) is 17.8. The molecule has 0 saturated carbocycles. The quantitative estimate of drug-likeness (QED) is 0.172. The summed E-state index contributed by atoms with van der Waals surface area (Å²) in [6.45, 7) is 12.6. The molecule has 0 radical (unpaired) electrons. The molecule has 5 nitrogen and oxygen atoms in total. The van der Waals surface area contributed by atoms with Gasteiger partial charge in [-0.2, -0.15) is 0 Å². The smallest absolute Gasteiger partial charge is 0.266 e. The third-order valence-electron chi connectivity index (χ3n) is 7.04. The summed E-state index contributed by atoms with van der Waals surface area (Å²) in [5.41, 5.74) is 0.